The number of carbonyl (C=O) groups excluding carboxylic acids is 1. The van der Waals surface area contributed by atoms with Crippen LogP contribution in [-0.4, -0.2) is 22.5 Å². The number of hydrogen-bond donors (Lipinski definition) is 2. The molecule has 0 radical (unpaired) electrons. The highest BCUT2D eigenvalue weighted by atomic mass is 16.2. The summed E-state index contributed by atoms with van der Waals surface area (Å²) in [6.07, 6.45) is 3.96. The summed E-state index contributed by atoms with van der Waals surface area (Å²) in [6.45, 7) is 5.05. The Bertz CT molecular complexity index is 710. The van der Waals surface area contributed by atoms with Gasteiger partial charge in [-0.2, -0.15) is 0 Å². The van der Waals surface area contributed by atoms with Crippen LogP contribution in [0.5, 0.6) is 0 Å². The Hall–Kier alpha value is -2.43. The highest BCUT2D eigenvalue weighted by molar-refractivity contribution is 5.74. The molecule has 1 heterocycles. The molecule has 1 aliphatic carbocycles. The summed E-state index contributed by atoms with van der Waals surface area (Å²) in [4.78, 5) is 20.3. The van der Waals surface area contributed by atoms with E-state index in [0.717, 1.165) is 18.5 Å². The Morgan fingerprint density at radius 2 is 1.96 bits per heavy atom. The van der Waals surface area contributed by atoms with Crippen LogP contribution in [0.25, 0.3) is 0 Å². The Morgan fingerprint density at radius 3 is 2.65 bits per heavy atom. The van der Waals surface area contributed by atoms with Crippen molar-refractivity contribution in [2.75, 3.05) is 6.54 Å². The molecule has 2 N–H and O–H groups in total. The fraction of sp³-hybridized carbons (Fsp3) is 0.389. The van der Waals surface area contributed by atoms with E-state index in [1.54, 1.807) is 6.20 Å². The van der Waals surface area contributed by atoms with Crippen LogP contribution in [-0.2, 0) is 12.0 Å². The van der Waals surface area contributed by atoms with Crippen molar-refractivity contribution < 1.29 is 4.79 Å². The Kier molecular flexibility index (Phi) is 4.28. The van der Waals surface area contributed by atoms with Gasteiger partial charge in [0.25, 0.3) is 0 Å². The van der Waals surface area contributed by atoms with Crippen LogP contribution in [0.3, 0.4) is 0 Å². The summed E-state index contributed by atoms with van der Waals surface area (Å²) in [7, 11) is 0. The third-order valence-corrected chi connectivity index (χ3v) is 4.42. The molecule has 2 aromatic rings. The quantitative estimate of drug-likeness (QED) is 0.892. The van der Waals surface area contributed by atoms with Crippen molar-refractivity contribution in [2.45, 2.75) is 38.6 Å². The van der Waals surface area contributed by atoms with Crippen LogP contribution >= 0.6 is 0 Å². The van der Waals surface area contributed by atoms with Crippen molar-refractivity contribution >= 4 is 6.03 Å². The van der Waals surface area contributed by atoms with Crippen molar-refractivity contribution in [3.63, 3.8) is 0 Å². The van der Waals surface area contributed by atoms with Crippen LogP contribution in [0.2, 0.25) is 0 Å². The smallest absolute Gasteiger partial charge is 0.315 e. The van der Waals surface area contributed by atoms with E-state index < -0.39 is 0 Å². The van der Waals surface area contributed by atoms with E-state index in [1.165, 1.54) is 11.1 Å². The SMILES string of the molecule is Cc1nccc(CNC(=O)NCC2(c3ccccc3C)CC2)n1. The lowest BCUT2D eigenvalue weighted by Crippen LogP contribution is -2.39. The standard InChI is InChI=1S/C18H22N4O/c1-13-5-3-4-6-16(13)18(8-9-18)12-21-17(23)20-11-15-7-10-19-14(2)22-15/h3-7,10H,8-9,11-12H2,1-2H3,(H2,20,21,23). The molecule has 1 fully saturated rings. The number of aryl methyl sites for hydroxylation is 2. The fourth-order valence-electron chi connectivity index (χ4n) is 2.95. The van der Waals surface area contributed by atoms with Crippen molar-refractivity contribution in [2.24, 2.45) is 0 Å². The van der Waals surface area contributed by atoms with Crippen LogP contribution in [0.15, 0.2) is 36.5 Å². The van der Waals surface area contributed by atoms with Gasteiger partial charge in [-0.15, -0.1) is 0 Å². The molecule has 2 amide bonds. The van der Waals surface area contributed by atoms with Gasteiger partial charge < -0.3 is 10.6 Å². The molecule has 0 bridgehead atoms. The van der Waals surface area contributed by atoms with Crippen molar-refractivity contribution in [1.29, 1.82) is 0 Å². The van der Waals surface area contributed by atoms with E-state index in [1.807, 2.05) is 13.0 Å². The van der Waals surface area contributed by atoms with Gasteiger partial charge in [0.05, 0.1) is 12.2 Å². The Balaban J connectivity index is 1.52. The molecule has 0 spiro atoms. The molecule has 0 aliphatic heterocycles. The van der Waals surface area contributed by atoms with Crippen LogP contribution in [0.4, 0.5) is 4.79 Å². The number of urea groups is 1. The molecule has 5 heteroatoms. The van der Waals surface area contributed by atoms with E-state index in [4.69, 9.17) is 0 Å². The zero-order valence-electron chi connectivity index (χ0n) is 13.6. The fourth-order valence-corrected chi connectivity index (χ4v) is 2.95. The second kappa shape index (κ2) is 6.36. The molecule has 120 valence electrons. The summed E-state index contributed by atoms with van der Waals surface area (Å²) in [5.74, 6) is 0.709. The molecule has 1 aliphatic rings. The van der Waals surface area contributed by atoms with E-state index in [2.05, 4.69) is 51.8 Å². The third kappa shape index (κ3) is 3.67. The van der Waals surface area contributed by atoms with E-state index in [9.17, 15) is 4.79 Å². The highest BCUT2D eigenvalue weighted by Crippen LogP contribution is 2.48. The topological polar surface area (TPSA) is 66.9 Å². The van der Waals surface area contributed by atoms with E-state index >= 15 is 0 Å². The predicted molar refractivity (Wildman–Crippen MR) is 89.1 cm³/mol. The summed E-state index contributed by atoms with van der Waals surface area (Å²) < 4.78 is 0. The Morgan fingerprint density at radius 1 is 1.17 bits per heavy atom. The minimum Gasteiger partial charge on any atom is -0.337 e. The predicted octanol–water partition coefficient (Wildman–Crippen LogP) is 2.62. The molecule has 23 heavy (non-hydrogen) atoms. The van der Waals surface area contributed by atoms with E-state index in [0.29, 0.717) is 18.9 Å². The average molecular weight is 310 g/mol. The van der Waals surface area contributed by atoms with Gasteiger partial charge in [0.1, 0.15) is 5.82 Å². The summed E-state index contributed by atoms with van der Waals surface area (Å²) >= 11 is 0. The lowest BCUT2D eigenvalue weighted by atomic mass is 9.92. The van der Waals surface area contributed by atoms with Gasteiger partial charge in [0, 0.05) is 18.2 Å². The normalized spacial score (nSPS) is 15.0. The first-order valence-corrected chi connectivity index (χ1v) is 7.95. The first kappa shape index (κ1) is 15.5. The number of nitrogens with zero attached hydrogens (tertiary/aromatic N) is 2. The number of hydrogen-bond acceptors (Lipinski definition) is 3. The second-order valence-electron chi connectivity index (χ2n) is 6.23. The maximum Gasteiger partial charge on any atom is 0.315 e. The van der Waals surface area contributed by atoms with Crippen molar-refractivity contribution in [3.05, 3.63) is 59.2 Å². The number of amides is 2. The molecule has 5 nitrogen and oxygen atoms in total. The maximum absolute atomic E-state index is 12.0. The van der Waals surface area contributed by atoms with Gasteiger partial charge in [-0.1, -0.05) is 24.3 Å². The average Bonchev–Trinajstić information content (AvgIpc) is 3.32. The molecule has 1 aromatic carbocycles. The van der Waals surface area contributed by atoms with Crippen LogP contribution in [0, 0.1) is 13.8 Å². The van der Waals surface area contributed by atoms with Gasteiger partial charge >= 0.3 is 6.03 Å². The van der Waals surface area contributed by atoms with Crippen LogP contribution in [0.1, 0.15) is 35.5 Å². The number of rotatable bonds is 5. The third-order valence-electron chi connectivity index (χ3n) is 4.42. The number of benzene rings is 1. The largest absolute Gasteiger partial charge is 0.337 e. The Labute approximate surface area is 136 Å². The lowest BCUT2D eigenvalue weighted by Gasteiger charge is -2.19. The summed E-state index contributed by atoms with van der Waals surface area (Å²) in [5.41, 5.74) is 3.58. The van der Waals surface area contributed by atoms with Gasteiger partial charge in [0.15, 0.2) is 0 Å². The molecule has 0 saturated heterocycles. The lowest BCUT2D eigenvalue weighted by molar-refractivity contribution is 0.239. The van der Waals surface area contributed by atoms with E-state index in [-0.39, 0.29) is 11.4 Å². The first-order valence-electron chi connectivity index (χ1n) is 7.95. The van der Waals surface area contributed by atoms with Gasteiger partial charge in [0.2, 0.25) is 0 Å². The molecule has 0 unspecified atom stereocenters. The first-order chi connectivity index (χ1) is 11.1. The van der Waals surface area contributed by atoms with Crippen LogP contribution < -0.4 is 10.6 Å². The molecular weight excluding hydrogens is 288 g/mol. The number of nitrogens with one attached hydrogen (secondary N) is 2. The zero-order chi connectivity index (χ0) is 16.3. The second-order valence-corrected chi connectivity index (χ2v) is 6.23. The molecule has 0 atom stereocenters. The number of aromatic nitrogens is 2. The van der Waals surface area contributed by atoms with Crippen molar-refractivity contribution in [3.8, 4) is 0 Å². The van der Waals surface area contributed by atoms with Gasteiger partial charge in [-0.05, 0) is 43.9 Å². The van der Waals surface area contributed by atoms with Gasteiger partial charge in [-0.3, -0.25) is 0 Å². The molecular formula is C18H22N4O. The minimum absolute atomic E-state index is 0.119. The zero-order valence-corrected chi connectivity index (χ0v) is 13.6. The minimum atomic E-state index is -0.152. The molecule has 1 aromatic heterocycles. The number of carbonyl (C=O) groups is 1. The monoisotopic (exact) mass is 310 g/mol. The molecule has 3 rings (SSSR count). The van der Waals surface area contributed by atoms with Gasteiger partial charge in [-0.25, -0.2) is 14.8 Å². The van der Waals surface area contributed by atoms with Crippen molar-refractivity contribution in [1.82, 2.24) is 20.6 Å². The molecule has 1 saturated carbocycles. The maximum atomic E-state index is 12.0. The highest BCUT2D eigenvalue weighted by Gasteiger charge is 2.45. The summed E-state index contributed by atoms with van der Waals surface area (Å²) in [6, 6.07) is 10.1. The summed E-state index contributed by atoms with van der Waals surface area (Å²) in [5, 5.41) is 5.85.